The summed E-state index contributed by atoms with van der Waals surface area (Å²) in [4.78, 5) is 42.4. The van der Waals surface area contributed by atoms with E-state index in [1.165, 1.54) is 36.3 Å². The van der Waals surface area contributed by atoms with Gasteiger partial charge in [-0.3, -0.25) is 19.3 Å². The Balaban J connectivity index is 1.35. The number of nitrogens with one attached hydrogen (secondary N) is 1. The standard InChI is InChI=1S/C30H26FN3O6S2/c1-38-24-7-3-4-19(27(24)40-18-26(35)33-12-14-39-15-13-33)17-25-29(37)34(30(41)42-25)23-6-2-5-20(16-23)28(36)32-22-10-8-21(31)9-11-22/h2-11,16-17H,12-15,18H2,1H3,(H,32,36)/b25-17+. The zero-order valence-corrected chi connectivity index (χ0v) is 24.1. The lowest BCUT2D eigenvalue weighted by Gasteiger charge is -2.27. The molecule has 5 rings (SSSR count). The molecular formula is C30H26FN3O6S2. The molecule has 0 saturated carbocycles. The van der Waals surface area contributed by atoms with E-state index in [1.54, 1.807) is 53.4 Å². The fourth-order valence-corrected chi connectivity index (χ4v) is 5.64. The molecule has 2 aliphatic heterocycles. The van der Waals surface area contributed by atoms with Gasteiger partial charge in [0.15, 0.2) is 22.4 Å². The van der Waals surface area contributed by atoms with E-state index in [-0.39, 0.29) is 22.7 Å². The van der Waals surface area contributed by atoms with Gasteiger partial charge >= 0.3 is 0 Å². The molecule has 0 aromatic heterocycles. The molecule has 1 N–H and O–H groups in total. The first-order valence-corrected chi connectivity index (χ1v) is 14.2. The zero-order chi connectivity index (χ0) is 29.6. The molecule has 9 nitrogen and oxygen atoms in total. The molecule has 3 amide bonds. The van der Waals surface area contributed by atoms with Crippen LogP contribution >= 0.6 is 24.0 Å². The summed E-state index contributed by atoms with van der Waals surface area (Å²) in [6, 6.07) is 17.1. The summed E-state index contributed by atoms with van der Waals surface area (Å²) in [5.41, 5.74) is 1.69. The van der Waals surface area contributed by atoms with Crippen molar-refractivity contribution in [2.75, 3.05) is 50.2 Å². The molecular weight excluding hydrogens is 581 g/mol. The van der Waals surface area contributed by atoms with E-state index in [2.05, 4.69) is 5.32 Å². The maximum atomic E-state index is 13.5. The second-order valence-electron chi connectivity index (χ2n) is 9.19. The van der Waals surface area contributed by atoms with E-state index in [0.29, 0.717) is 65.2 Å². The number of morpholine rings is 1. The zero-order valence-electron chi connectivity index (χ0n) is 22.5. The van der Waals surface area contributed by atoms with Gasteiger partial charge in [-0.05, 0) is 54.6 Å². The van der Waals surface area contributed by atoms with Crippen LogP contribution in [0, 0.1) is 5.82 Å². The molecule has 0 atom stereocenters. The first kappa shape index (κ1) is 29.2. The van der Waals surface area contributed by atoms with Gasteiger partial charge in [-0.15, -0.1) is 0 Å². The van der Waals surface area contributed by atoms with E-state index in [1.807, 2.05) is 0 Å². The first-order chi connectivity index (χ1) is 20.3. The van der Waals surface area contributed by atoms with Gasteiger partial charge in [0.05, 0.1) is 30.9 Å². The first-order valence-electron chi connectivity index (χ1n) is 12.9. The van der Waals surface area contributed by atoms with Gasteiger partial charge in [0.2, 0.25) is 0 Å². The predicted molar refractivity (Wildman–Crippen MR) is 162 cm³/mol. The quantitative estimate of drug-likeness (QED) is 0.290. The van der Waals surface area contributed by atoms with Gasteiger partial charge in [0.25, 0.3) is 17.7 Å². The van der Waals surface area contributed by atoms with E-state index in [4.69, 9.17) is 26.4 Å². The number of carbonyl (C=O) groups is 3. The van der Waals surface area contributed by atoms with E-state index >= 15 is 0 Å². The average Bonchev–Trinajstić information content (AvgIpc) is 3.29. The number of thioether (sulfide) groups is 1. The summed E-state index contributed by atoms with van der Waals surface area (Å²) in [7, 11) is 1.49. The van der Waals surface area contributed by atoms with E-state index < -0.39 is 11.7 Å². The molecule has 0 bridgehead atoms. The Morgan fingerprint density at radius 3 is 2.57 bits per heavy atom. The molecule has 42 heavy (non-hydrogen) atoms. The van der Waals surface area contributed by atoms with Crippen LogP contribution < -0.4 is 19.7 Å². The van der Waals surface area contributed by atoms with Gasteiger partial charge in [-0.2, -0.15) is 0 Å². The molecule has 0 spiro atoms. The third-order valence-corrected chi connectivity index (χ3v) is 7.78. The van der Waals surface area contributed by atoms with Gasteiger partial charge in [-0.25, -0.2) is 4.39 Å². The largest absolute Gasteiger partial charge is 0.493 e. The van der Waals surface area contributed by atoms with Gasteiger partial charge in [0.1, 0.15) is 5.82 Å². The molecule has 12 heteroatoms. The summed E-state index contributed by atoms with van der Waals surface area (Å²) in [5, 5.41) is 2.71. The van der Waals surface area contributed by atoms with Crippen LogP contribution in [0.5, 0.6) is 11.5 Å². The maximum absolute atomic E-state index is 13.5. The number of carbonyl (C=O) groups excluding carboxylic acids is 3. The monoisotopic (exact) mass is 607 g/mol. The van der Waals surface area contributed by atoms with Crippen molar-refractivity contribution in [1.29, 1.82) is 0 Å². The van der Waals surface area contributed by atoms with Crippen molar-refractivity contribution in [2.45, 2.75) is 0 Å². The Hall–Kier alpha value is -4.26. The van der Waals surface area contributed by atoms with Crippen LogP contribution in [0.25, 0.3) is 6.08 Å². The van der Waals surface area contributed by atoms with Crippen molar-refractivity contribution in [2.24, 2.45) is 0 Å². The molecule has 3 aromatic rings. The van der Waals surface area contributed by atoms with Gasteiger partial charge in [-0.1, -0.05) is 42.2 Å². The van der Waals surface area contributed by atoms with Crippen molar-refractivity contribution in [3.8, 4) is 11.5 Å². The number of nitrogens with zero attached hydrogens (tertiary/aromatic N) is 2. The summed E-state index contributed by atoms with van der Waals surface area (Å²) in [6.45, 7) is 1.76. The van der Waals surface area contributed by atoms with Crippen molar-refractivity contribution < 1.29 is 33.0 Å². The summed E-state index contributed by atoms with van der Waals surface area (Å²) in [5.74, 6) is -0.648. The fraction of sp³-hybridized carbons (Fsp3) is 0.200. The van der Waals surface area contributed by atoms with Crippen LogP contribution in [0.1, 0.15) is 15.9 Å². The second-order valence-corrected chi connectivity index (χ2v) is 10.9. The SMILES string of the molecule is COc1cccc(/C=C2/SC(=S)N(c3cccc(C(=O)Nc4ccc(F)cc4)c3)C2=O)c1OCC(=O)N1CCOCC1. The second kappa shape index (κ2) is 13.1. The highest BCUT2D eigenvalue weighted by molar-refractivity contribution is 8.27. The molecule has 2 fully saturated rings. The number of para-hydroxylation sites is 1. The number of thiocarbonyl (C=S) groups is 1. The minimum atomic E-state index is -0.422. The van der Waals surface area contributed by atoms with E-state index in [0.717, 1.165) is 11.8 Å². The van der Waals surface area contributed by atoms with Crippen molar-refractivity contribution in [1.82, 2.24) is 4.90 Å². The number of hydrogen-bond acceptors (Lipinski definition) is 8. The summed E-state index contributed by atoms with van der Waals surface area (Å²) in [6.07, 6.45) is 1.64. The normalized spacial score (nSPS) is 16.1. The van der Waals surface area contributed by atoms with Crippen LogP contribution in [-0.4, -0.2) is 67.0 Å². The molecule has 0 radical (unpaired) electrons. The molecule has 0 aliphatic carbocycles. The number of hydrogen-bond donors (Lipinski definition) is 1. The third kappa shape index (κ3) is 6.62. The number of anilines is 2. The maximum Gasteiger partial charge on any atom is 0.270 e. The summed E-state index contributed by atoms with van der Waals surface area (Å²) >= 11 is 6.64. The van der Waals surface area contributed by atoms with Crippen LogP contribution in [-0.2, 0) is 14.3 Å². The van der Waals surface area contributed by atoms with Crippen molar-refractivity contribution in [3.05, 3.63) is 88.6 Å². The Morgan fingerprint density at radius 2 is 1.83 bits per heavy atom. The number of amides is 3. The summed E-state index contributed by atoms with van der Waals surface area (Å²) < 4.78 is 30.2. The number of rotatable bonds is 8. The predicted octanol–water partition coefficient (Wildman–Crippen LogP) is 4.73. The number of ether oxygens (including phenoxy) is 3. The van der Waals surface area contributed by atoms with Crippen molar-refractivity contribution >= 4 is 63.5 Å². The van der Waals surface area contributed by atoms with Gasteiger partial charge in [0, 0.05) is 29.9 Å². The molecule has 2 saturated heterocycles. The number of benzene rings is 3. The highest BCUT2D eigenvalue weighted by Crippen LogP contribution is 2.39. The molecule has 2 heterocycles. The average molecular weight is 608 g/mol. The van der Waals surface area contributed by atoms with Gasteiger partial charge < -0.3 is 24.4 Å². The lowest BCUT2D eigenvalue weighted by atomic mass is 10.1. The van der Waals surface area contributed by atoms with Crippen LogP contribution in [0.15, 0.2) is 71.6 Å². The van der Waals surface area contributed by atoms with Crippen LogP contribution in [0.2, 0.25) is 0 Å². The molecule has 2 aliphatic rings. The number of halogens is 1. The Labute approximate surface area is 251 Å². The molecule has 216 valence electrons. The smallest absolute Gasteiger partial charge is 0.270 e. The Morgan fingerprint density at radius 1 is 1.10 bits per heavy atom. The fourth-order valence-electron chi connectivity index (χ4n) is 4.35. The van der Waals surface area contributed by atoms with E-state index in [9.17, 15) is 18.8 Å². The lowest BCUT2D eigenvalue weighted by Crippen LogP contribution is -2.43. The third-order valence-electron chi connectivity index (χ3n) is 6.48. The Bertz CT molecular complexity index is 1560. The number of methoxy groups -OCH3 is 1. The Kier molecular flexibility index (Phi) is 9.15. The van der Waals surface area contributed by atoms with Crippen LogP contribution in [0.4, 0.5) is 15.8 Å². The highest BCUT2D eigenvalue weighted by atomic mass is 32.2. The van der Waals surface area contributed by atoms with Crippen molar-refractivity contribution in [3.63, 3.8) is 0 Å². The molecule has 3 aromatic carbocycles. The highest BCUT2D eigenvalue weighted by Gasteiger charge is 2.34. The van der Waals surface area contributed by atoms with Crippen LogP contribution in [0.3, 0.4) is 0 Å². The minimum Gasteiger partial charge on any atom is -0.493 e. The minimum absolute atomic E-state index is 0.176. The molecule has 0 unspecified atom stereocenters. The lowest BCUT2D eigenvalue weighted by molar-refractivity contribution is -0.137. The topological polar surface area (TPSA) is 97.4 Å².